The van der Waals surface area contributed by atoms with Crippen LogP contribution in [0.25, 0.3) is 0 Å². The smallest absolute Gasteiger partial charge is 0.250 e. The quantitative estimate of drug-likeness (QED) is 0.629. The van der Waals surface area contributed by atoms with Gasteiger partial charge in [-0.15, -0.1) is 0 Å². The highest BCUT2D eigenvalue weighted by atomic mass is 19.1. The molecule has 1 atom stereocenters. The maximum Gasteiger partial charge on any atom is 0.250 e. The highest BCUT2D eigenvalue weighted by Crippen LogP contribution is 2.24. The largest absolute Gasteiger partial charge is 0.366 e. The molecule has 1 unspecified atom stereocenters. The second-order valence-electron chi connectivity index (χ2n) is 3.33. The zero-order chi connectivity index (χ0) is 10.2. The summed E-state index contributed by atoms with van der Waals surface area (Å²) in [6.45, 7) is 3.70. The molecule has 0 aromatic heterocycles. The molecule has 0 radical (unpaired) electrons. The van der Waals surface area contributed by atoms with Gasteiger partial charge in [0.05, 0.1) is 5.57 Å². The fourth-order valence-electron chi connectivity index (χ4n) is 1.44. The summed E-state index contributed by atoms with van der Waals surface area (Å²) in [5.74, 6) is -0.706. The molecule has 0 fully saturated rings. The molecule has 5 heteroatoms. The van der Waals surface area contributed by atoms with Crippen LogP contribution in [0.15, 0.2) is 11.8 Å². The monoisotopic (exact) mass is 187 g/mol. The van der Waals surface area contributed by atoms with Crippen LogP contribution >= 0.6 is 0 Å². The molecule has 0 aromatic rings. The van der Waals surface area contributed by atoms with Crippen molar-refractivity contribution in [3.05, 3.63) is 11.8 Å². The number of carbonyl (C=O) groups excluding carboxylic acids is 1. The lowest BCUT2D eigenvalue weighted by Crippen LogP contribution is -2.43. The summed E-state index contributed by atoms with van der Waals surface area (Å²) in [6, 6.07) is -0.00639. The molecule has 0 saturated carbocycles. The first kappa shape index (κ1) is 9.98. The van der Waals surface area contributed by atoms with Gasteiger partial charge in [-0.1, -0.05) is 0 Å². The van der Waals surface area contributed by atoms with E-state index in [1.165, 1.54) is 11.2 Å². The Balaban J connectivity index is 2.85. The van der Waals surface area contributed by atoms with Crippen LogP contribution in [0.2, 0.25) is 0 Å². The third-order valence-electron chi connectivity index (χ3n) is 1.99. The molecule has 0 aromatic carbocycles. The topological polar surface area (TPSA) is 49.6 Å². The molecule has 1 heterocycles. The summed E-state index contributed by atoms with van der Waals surface area (Å²) in [7, 11) is 1.68. The van der Waals surface area contributed by atoms with Gasteiger partial charge in [0.2, 0.25) is 6.30 Å². The Morgan fingerprint density at radius 3 is 2.46 bits per heavy atom. The number of nitrogens with zero attached hydrogens (tertiary/aromatic N) is 2. The minimum absolute atomic E-state index is 0.00639. The molecule has 4 nitrogen and oxygen atoms in total. The average Bonchev–Trinajstić information content (AvgIpc) is 2.26. The highest BCUT2D eigenvalue weighted by molar-refractivity contribution is 5.93. The lowest BCUT2D eigenvalue weighted by molar-refractivity contribution is -0.116. The summed E-state index contributed by atoms with van der Waals surface area (Å²) in [4.78, 5) is 10.8. The number of amides is 1. The highest BCUT2D eigenvalue weighted by Gasteiger charge is 2.35. The van der Waals surface area contributed by atoms with Crippen molar-refractivity contribution in [2.45, 2.75) is 26.2 Å². The second kappa shape index (κ2) is 3.33. The summed E-state index contributed by atoms with van der Waals surface area (Å²) in [5, 5.41) is 3.00. The van der Waals surface area contributed by atoms with Crippen LogP contribution in [0.4, 0.5) is 4.39 Å². The fraction of sp³-hybridized carbons (Fsp3) is 0.625. The minimum atomic E-state index is -1.41. The number of alkyl halides is 1. The van der Waals surface area contributed by atoms with Crippen molar-refractivity contribution >= 4 is 5.91 Å². The van der Waals surface area contributed by atoms with E-state index in [4.69, 9.17) is 5.73 Å². The van der Waals surface area contributed by atoms with Crippen molar-refractivity contribution in [3.8, 4) is 0 Å². The van der Waals surface area contributed by atoms with E-state index < -0.39 is 12.2 Å². The standard InChI is InChI=1S/C8H14FN3O/c1-5(2)12-7(9)6(8(10)13)4-11(12)3/h4-5,7H,1-3H3,(H2,10,13). The van der Waals surface area contributed by atoms with Crippen LogP contribution in [0.5, 0.6) is 0 Å². The Bertz CT molecular complexity index is 252. The van der Waals surface area contributed by atoms with Gasteiger partial charge in [-0.05, 0) is 13.8 Å². The third kappa shape index (κ3) is 1.65. The summed E-state index contributed by atoms with van der Waals surface area (Å²) < 4.78 is 13.5. The molecule has 1 aliphatic heterocycles. The SMILES string of the molecule is CC(C)N1C(F)C(C(N)=O)=CN1C. The molecule has 1 aliphatic rings. The average molecular weight is 187 g/mol. The first-order valence-electron chi connectivity index (χ1n) is 4.11. The molecule has 0 aliphatic carbocycles. The van der Waals surface area contributed by atoms with Gasteiger partial charge in [0.25, 0.3) is 5.91 Å². The second-order valence-corrected chi connectivity index (χ2v) is 3.33. The zero-order valence-corrected chi connectivity index (χ0v) is 7.99. The molecular formula is C8H14FN3O. The normalized spacial score (nSPS) is 23.9. The van der Waals surface area contributed by atoms with Gasteiger partial charge < -0.3 is 10.7 Å². The van der Waals surface area contributed by atoms with Gasteiger partial charge in [-0.2, -0.15) is 5.01 Å². The molecule has 2 N–H and O–H groups in total. The van der Waals surface area contributed by atoms with Crippen LogP contribution in [0, 0.1) is 0 Å². The van der Waals surface area contributed by atoms with Gasteiger partial charge in [-0.25, -0.2) is 4.39 Å². The van der Waals surface area contributed by atoms with Gasteiger partial charge in [-0.3, -0.25) is 4.79 Å². The van der Waals surface area contributed by atoms with E-state index in [9.17, 15) is 9.18 Å². The van der Waals surface area contributed by atoms with Crippen molar-refractivity contribution in [1.29, 1.82) is 0 Å². The first-order chi connectivity index (χ1) is 5.95. The summed E-state index contributed by atoms with van der Waals surface area (Å²) in [6.07, 6.45) is 0.00926. The number of hydrazine groups is 1. The van der Waals surface area contributed by atoms with Crippen molar-refractivity contribution in [2.75, 3.05) is 7.05 Å². The Kier molecular flexibility index (Phi) is 2.56. The molecule has 0 spiro atoms. The van der Waals surface area contributed by atoms with E-state index in [2.05, 4.69) is 0 Å². The fourth-order valence-corrected chi connectivity index (χ4v) is 1.44. The van der Waals surface area contributed by atoms with E-state index in [0.29, 0.717) is 0 Å². The van der Waals surface area contributed by atoms with Crippen molar-refractivity contribution in [3.63, 3.8) is 0 Å². The van der Waals surface area contributed by atoms with Crippen molar-refractivity contribution in [2.24, 2.45) is 5.73 Å². The van der Waals surface area contributed by atoms with Crippen LogP contribution in [0.3, 0.4) is 0 Å². The number of hydrogen-bond acceptors (Lipinski definition) is 3. The Labute approximate surface area is 76.8 Å². The number of rotatable bonds is 2. The molecule has 13 heavy (non-hydrogen) atoms. The van der Waals surface area contributed by atoms with Gasteiger partial charge in [0.15, 0.2) is 0 Å². The van der Waals surface area contributed by atoms with Crippen LogP contribution in [-0.4, -0.2) is 35.3 Å². The lowest BCUT2D eigenvalue weighted by atomic mass is 10.2. The first-order valence-corrected chi connectivity index (χ1v) is 4.11. The number of halogens is 1. The number of primary amides is 1. The van der Waals surface area contributed by atoms with E-state index >= 15 is 0 Å². The van der Waals surface area contributed by atoms with E-state index in [1.807, 2.05) is 13.8 Å². The Morgan fingerprint density at radius 1 is 1.69 bits per heavy atom. The van der Waals surface area contributed by atoms with E-state index in [-0.39, 0.29) is 11.6 Å². The molecular weight excluding hydrogens is 173 g/mol. The van der Waals surface area contributed by atoms with Gasteiger partial charge >= 0.3 is 0 Å². The number of carbonyl (C=O) groups is 1. The van der Waals surface area contributed by atoms with Gasteiger partial charge in [0.1, 0.15) is 0 Å². The number of hydrogen-bond donors (Lipinski definition) is 1. The van der Waals surface area contributed by atoms with E-state index in [1.54, 1.807) is 12.1 Å². The molecule has 0 saturated heterocycles. The molecule has 1 amide bonds. The molecule has 1 rings (SSSR count). The van der Waals surface area contributed by atoms with Crippen LogP contribution < -0.4 is 5.73 Å². The zero-order valence-electron chi connectivity index (χ0n) is 7.99. The van der Waals surface area contributed by atoms with Gasteiger partial charge in [0, 0.05) is 19.3 Å². The maximum atomic E-state index is 13.5. The van der Waals surface area contributed by atoms with Crippen molar-refractivity contribution in [1.82, 2.24) is 10.0 Å². The van der Waals surface area contributed by atoms with Crippen LogP contribution in [0.1, 0.15) is 13.8 Å². The van der Waals surface area contributed by atoms with Crippen molar-refractivity contribution < 1.29 is 9.18 Å². The molecule has 0 bridgehead atoms. The Hall–Kier alpha value is -1.10. The predicted octanol–water partition coefficient (Wildman–Crippen LogP) is 0.222. The Morgan fingerprint density at radius 2 is 2.23 bits per heavy atom. The molecule has 74 valence electrons. The van der Waals surface area contributed by atoms with E-state index in [0.717, 1.165) is 0 Å². The number of nitrogens with two attached hydrogens (primary N) is 1. The minimum Gasteiger partial charge on any atom is -0.366 e. The third-order valence-corrected chi connectivity index (χ3v) is 1.99. The van der Waals surface area contributed by atoms with Crippen LogP contribution in [-0.2, 0) is 4.79 Å². The summed E-state index contributed by atoms with van der Waals surface area (Å²) >= 11 is 0. The maximum absolute atomic E-state index is 13.5. The summed E-state index contributed by atoms with van der Waals surface area (Å²) in [5.41, 5.74) is 5.02. The lowest BCUT2D eigenvalue weighted by Gasteiger charge is -2.30. The predicted molar refractivity (Wildman–Crippen MR) is 46.9 cm³/mol.